The van der Waals surface area contributed by atoms with Gasteiger partial charge in [0.1, 0.15) is 0 Å². The number of nitrogens with zero attached hydrogens (tertiary/aromatic N) is 1. The second kappa shape index (κ2) is 10.6. The highest BCUT2D eigenvalue weighted by Crippen LogP contribution is 2.13. The Bertz CT molecular complexity index is 291. The van der Waals surface area contributed by atoms with Gasteiger partial charge in [-0.2, -0.15) is 0 Å². The summed E-state index contributed by atoms with van der Waals surface area (Å²) in [5.74, 6) is -1.61. The average Bonchev–Trinajstić information content (AvgIpc) is 2.42. The second-order valence-electron chi connectivity index (χ2n) is 4.87. The van der Waals surface area contributed by atoms with Crippen LogP contribution in [-0.2, 0) is 14.3 Å². The number of hydrogen-bond acceptors (Lipinski definition) is 4. The van der Waals surface area contributed by atoms with Crippen LogP contribution in [0.15, 0.2) is 0 Å². The number of ether oxygens (including phenoxy) is 1. The first-order valence-electron chi connectivity index (χ1n) is 7.18. The van der Waals surface area contributed by atoms with Gasteiger partial charge >= 0.3 is 5.97 Å². The van der Waals surface area contributed by atoms with E-state index in [-0.39, 0.29) is 31.6 Å². The van der Waals surface area contributed by atoms with Crippen molar-refractivity contribution < 1.29 is 24.5 Å². The number of carbonyl (C=O) groups excluding carboxylic acids is 1. The topological polar surface area (TPSA) is 87.1 Å². The maximum Gasteiger partial charge on any atom is 0.308 e. The summed E-state index contributed by atoms with van der Waals surface area (Å²) in [6.07, 6.45) is 1.48. The van der Waals surface area contributed by atoms with Crippen molar-refractivity contribution in [1.29, 1.82) is 0 Å². The fourth-order valence-corrected chi connectivity index (χ4v) is 1.94. The summed E-state index contributed by atoms with van der Waals surface area (Å²) in [6, 6.07) is 0. The number of amides is 1. The molecule has 0 bridgehead atoms. The molecule has 6 nitrogen and oxygen atoms in total. The number of carboxylic acids is 1. The zero-order valence-corrected chi connectivity index (χ0v) is 12.7. The number of rotatable bonds is 11. The molecule has 118 valence electrons. The Balaban J connectivity index is 4.59. The van der Waals surface area contributed by atoms with Crippen LogP contribution in [0.25, 0.3) is 0 Å². The Morgan fingerprint density at radius 3 is 2.25 bits per heavy atom. The van der Waals surface area contributed by atoms with Gasteiger partial charge in [-0.15, -0.1) is 0 Å². The van der Waals surface area contributed by atoms with E-state index in [1.54, 1.807) is 11.8 Å². The molecule has 2 N–H and O–H groups in total. The van der Waals surface area contributed by atoms with Gasteiger partial charge < -0.3 is 19.8 Å². The highest BCUT2D eigenvalue weighted by molar-refractivity contribution is 5.79. The summed E-state index contributed by atoms with van der Waals surface area (Å²) < 4.78 is 5.16. The van der Waals surface area contributed by atoms with Crippen molar-refractivity contribution in [2.24, 2.45) is 11.8 Å². The van der Waals surface area contributed by atoms with Gasteiger partial charge in [0.15, 0.2) is 0 Å². The molecule has 20 heavy (non-hydrogen) atoms. The zero-order chi connectivity index (χ0) is 15.5. The first-order valence-corrected chi connectivity index (χ1v) is 7.18. The molecule has 0 aromatic carbocycles. The summed E-state index contributed by atoms with van der Waals surface area (Å²) in [5.41, 5.74) is 0. The zero-order valence-electron chi connectivity index (χ0n) is 12.7. The van der Waals surface area contributed by atoms with Crippen molar-refractivity contribution in [1.82, 2.24) is 4.90 Å². The van der Waals surface area contributed by atoms with E-state index >= 15 is 0 Å². The SMILES string of the molecule is CCC(CC)C(=O)N(CCOCCO)CC(C)C(=O)O. The number of hydrogen-bond donors (Lipinski definition) is 2. The molecule has 0 radical (unpaired) electrons. The van der Waals surface area contributed by atoms with E-state index < -0.39 is 11.9 Å². The molecule has 6 heteroatoms. The molecule has 0 spiro atoms. The van der Waals surface area contributed by atoms with Crippen molar-refractivity contribution in [3.05, 3.63) is 0 Å². The van der Waals surface area contributed by atoms with Crippen molar-refractivity contribution in [3.63, 3.8) is 0 Å². The number of aliphatic carboxylic acids is 1. The minimum Gasteiger partial charge on any atom is -0.481 e. The number of aliphatic hydroxyl groups is 1. The van der Waals surface area contributed by atoms with E-state index in [9.17, 15) is 9.59 Å². The predicted molar refractivity (Wildman–Crippen MR) is 75.4 cm³/mol. The van der Waals surface area contributed by atoms with Crippen LogP contribution < -0.4 is 0 Å². The van der Waals surface area contributed by atoms with Crippen LogP contribution in [0.5, 0.6) is 0 Å². The van der Waals surface area contributed by atoms with Crippen LogP contribution in [0.4, 0.5) is 0 Å². The van der Waals surface area contributed by atoms with E-state index in [2.05, 4.69) is 0 Å². The van der Waals surface area contributed by atoms with Gasteiger partial charge in [0.05, 0.1) is 25.7 Å². The predicted octanol–water partition coefficient (Wildman–Crippen LogP) is 0.981. The van der Waals surface area contributed by atoms with Crippen molar-refractivity contribution in [2.75, 3.05) is 32.9 Å². The molecule has 0 heterocycles. The molecule has 1 amide bonds. The molecule has 1 unspecified atom stereocenters. The first kappa shape index (κ1) is 18.9. The van der Waals surface area contributed by atoms with Gasteiger partial charge in [-0.05, 0) is 12.8 Å². The first-order chi connectivity index (χ1) is 9.47. The van der Waals surface area contributed by atoms with E-state index in [4.69, 9.17) is 14.9 Å². The van der Waals surface area contributed by atoms with Crippen molar-refractivity contribution >= 4 is 11.9 Å². The lowest BCUT2D eigenvalue weighted by molar-refractivity contribution is -0.144. The van der Waals surface area contributed by atoms with Crippen LogP contribution in [-0.4, -0.2) is 59.9 Å². The molecule has 0 aliphatic heterocycles. The summed E-state index contributed by atoms with van der Waals surface area (Å²) in [6.45, 7) is 6.50. The Hall–Kier alpha value is -1.14. The third-order valence-electron chi connectivity index (χ3n) is 3.30. The fraction of sp³-hybridized carbons (Fsp3) is 0.857. The average molecular weight is 289 g/mol. The Labute approximate surface area is 120 Å². The van der Waals surface area contributed by atoms with E-state index in [1.165, 1.54) is 0 Å². The number of carboxylic acid groups (broad SMARTS) is 1. The minimum absolute atomic E-state index is 0.0179. The lowest BCUT2D eigenvalue weighted by atomic mass is 10.0. The fourth-order valence-electron chi connectivity index (χ4n) is 1.94. The van der Waals surface area contributed by atoms with Gasteiger partial charge in [0, 0.05) is 19.0 Å². The van der Waals surface area contributed by atoms with Crippen LogP contribution >= 0.6 is 0 Å². The third kappa shape index (κ3) is 6.86. The summed E-state index contributed by atoms with van der Waals surface area (Å²) in [4.78, 5) is 24.9. The largest absolute Gasteiger partial charge is 0.481 e. The molecule has 0 saturated carbocycles. The molecular weight excluding hydrogens is 262 g/mol. The summed E-state index contributed by atoms with van der Waals surface area (Å²) in [5, 5.41) is 17.6. The van der Waals surface area contributed by atoms with Crippen LogP contribution in [0.3, 0.4) is 0 Å². The van der Waals surface area contributed by atoms with Crippen molar-refractivity contribution in [3.8, 4) is 0 Å². The Kier molecular flexibility index (Phi) is 10.0. The van der Waals surface area contributed by atoms with Crippen molar-refractivity contribution in [2.45, 2.75) is 33.6 Å². The van der Waals surface area contributed by atoms with E-state index in [0.717, 1.165) is 12.8 Å². The highest BCUT2D eigenvalue weighted by Gasteiger charge is 2.24. The molecule has 0 aliphatic carbocycles. The van der Waals surface area contributed by atoms with Crippen LogP contribution in [0.1, 0.15) is 33.6 Å². The standard InChI is InChI=1S/C14H27NO5/c1-4-12(5-2)13(17)15(6-8-20-9-7-16)10-11(3)14(18)19/h11-12,16H,4-10H2,1-3H3,(H,18,19). The minimum atomic E-state index is -0.913. The quantitative estimate of drug-likeness (QED) is 0.554. The highest BCUT2D eigenvalue weighted by atomic mass is 16.5. The van der Waals surface area contributed by atoms with E-state index in [1.807, 2.05) is 13.8 Å². The molecule has 0 aromatic rings. The van der Waals surface area contributed by atoms with Gasteiger partial charge in [-0.3, -0.25) is 9.59 Å². The molecule has 0 fully saturated rings. The third-order valence-corrected chi connectivity index (χ3v) is 3.30. The number of aliphatic hydroxyl groups excluding tert-OH is 1. The maximum absolute atomic E-state index is 12.4. The van der Waals surface area contributed by atoms with Crippen LogP contribution in [0, 0.1) is 11.8 Å². The van der Waals surface area contributed by atoms with Crippen LogP contribution in [0.2, 0.25) is 0 Å². The number of carbonyl (C=O) groups is 2. The lowest BCUT2D eigenvalue weighted by Gasteiger charge is -2.28. The van der Waals surface area contributed by atoms with E-state index in [0.29, 0.717) is 13.2 Å². The maximum atomic E-state index is 12.4. The van der Waals surface area contributed by atoms with Gasteiger partial charge in [0.25, 0.3) is 0 Å². The molecule has 0 rings (SSSR count). The molecular formula is C14H27NO5. The van der Waals surface area contributed by atoms with Gasteiger partial charge in [-0.25, -0.2) is 0 Å². The smallest absolute Gasteiger partial charge is 0.308 e. The second-order valence-corrected chi connectivity index (χ2v) is 4.87. The summed E-state index contributed by atoms with van der Waals surface area (Å²) >= 11 is 0. The normalized spacial score (nSPS) is 12.4. The van der Waals surface area contributed by atoms with Gasteiger partial charge in [0.2, 0.25) is 5.91 Å². The monoisotopic (exact) mass is 289 g/mol. The molecule has 1 atom stereocenters. The molecule has 0 aliphatic rings. The Morgan fingerprint density at radius 1 is 1.20 bits per heavy atom. The molecule has 0 saturated heterocycles. The Morgan fingerprint density at radius 2 is 1.80 bits per heavy atom. The van der Waals surface area contributed by atoms with Gasteiger partial charge in [-0.1, -0.05) is 20.8 Å². The summed E-state index contributed by atoms with van der Waals surface area (Å²) in [7, 11) is 0. The lowest BCUT2D eigenvalue weighted by Crippen LogP contribution is -2.42. The molecule has 0 aromatic heterocycles.